The minimum Gasteiger partial charge on any atom is -0.478 e. The Labute approximate surface area is 121 Å². The van der Waals surface area contributed by atoms with Crippen LogP contribution in [0.4, 0.5) is 5.69 Å². The van der Waals surface area contributed by atoms with Crippen LogP contribution in [0.1, 0.15) is 42.5 Å². The van der Waals surface area contributed by atoms with Crippen molar-refractivity contribution in [3.05, 3.63) is 39.9 Å². The molecule has 4 heteroatoms. The highest BCUT2D eigenvalue weighted by atomic mass is 79.9. The summed E-state index contributed by atoms with van der Waals surface area (Å²) in [4.78, 5) is 11.0. The summed E-state index contributed by atoms with van der Waals surface area (Å²) < 4.78 is 0.784. The Morgan fingerprint density at radius 1 is 1.32 bits per heavy atom. The van der Waals surface area contributed by atoms with Gasteiger partial charge in [0.1, 0.15) is 0 Å². The highest BCUT2D eigenvalue weighted by molar-refractivity contribution is 9.10. The molecule has 2 rings (SSSR count). The van der Waals surface area contributed by atoms with Crippen molar-refractivity contribution < 1.29 is 9.90 Å². The lowest BCUT2D eigenvalue weighted by atomic mass is 9.97. The lowest BCUT2D eigenvalue weighted by Crippen LogP contribution is -2.06. The summed E-state index contributed by atoms with van der Waals surface area (Å²) in [6, 6.07) is 5.18. The van der Waals surface area contributed by atoms with Crippen LogP contribution in [0.25, 0.3) is 0 Å². The van der Waals surface area contributed by atoms with Crippen LogP contribution in [0, 0.1) is 0 Å². The first-order valence-corrected chi connectivity index (χ1v) is 7.40. The van der Waals surface area contributed by atoms with Gasteiger partial charge in [0, 0.05) is 16.7 Å². The number of anilines is 1. The third kappa shape index (κ3) is 4.39. The van der Waals surface area contributed by atoms with Crippen molar-refractivity contribution in [1.82, 2.24) is 0 Å². The molecule has 0 aliphatic heterocycles. The van der Waals surface area contributed by atoms with Gasteiger partial charge in [0.2, 0.25) is 0 Å². The van der Waals surface area contributed by atoms with Crippen molar-refractivity contribution >= 4 is 27.6 Å². The van der Waals surface area contributed by atoms with Gasteiger partial charge in [-0.15, -0.1) is 0 Å². The Balaban J connectivity index is 1.92. The van der Waals surface area contributed by atoms with Crippen LogP contribution in [0.5, 0.6) is 0 Å². The lowest BCUT2D eigenvalue weighted by molar-refractivity contribution is 0.0697. The second kappa shape index (κ2) is 6.75. The fraction of sp³-hybridized carbons (Fsp3) is 0.400. The number of allylic oxidation sites excluding steroid dienone is 1. The van der Waals surface area contributed by atoms with E-state index in [2.05, 4.69) is 27.3 Å². The van der Waals surface area contributed by atoms with Crippen molar-refractivity contribution in [1.29, 1.82) is 0 Å². The maximum atomic E-state index is 11.0. The molecule has 0 spiro atoms. The Morgan fingerprint density at radius 3 is 2.84 bits per heavy atom. The maximum absolute atomic E-state index is 11.0. The molecular formula is C15H18BrNO2. The number of carboxylic acid groups (broad SMARTS) is 1. The van der Waals surface area contributed by atoms with E-state index in [4.69, 9.17) is 5.11 Å². The molecule has 0 saturated heterocycles. The number of rotatable bonds is 5. The largest absolute Gasteiger partial charge is 0.478 e. The van der Waals surface area contributed by atoms with E-state index in [0.29, 0.717) is 5.56 Å². The van der Waals surface area contributed by atoms with Gasteiger partial charge in [0.05, 0.1) is 5.56 Å². The number of nitrogens with one attached hydrogen (secondary N) is 1. The van der Waals surface area contributed by atoms with E-state index in [0.717, 1.165) is 23.1 Å². The molecule has 19 heavy (non-hydrogen) atoms. The van der Waals surface area contributed by atoms with Gasteiger partial charge in [0.25, 0.3) is 0 Å². The summed E-state index contributed by atoms with van der Waals surface area (Å²) in [7, 11) is 0. The molecule has 0 amide bonds. The van der Waals surface area contributed by atoms with Gasteiger partial charge in [-0.3, -0.25) is 0 Å². The first kappa shape index (κ1) is 14.1. The molecule has 1 aromatic rings. The summed E-state index contributed by atoms with van der Waals surface area (Å²) >= 11 is 3.34. The standard InChI is InChI=1S/C15H18BrNO2/c16-13-8-12(15(18)19)9-14(10-13)17-7-6-11-4-2-1-3-5-11/h4,8-10,17H,1-3,5-7H2,(H,18,19). The molecular weight excluding hydrogens is 306 g/mol. The number of hydrogen-bond donors (Lipinski definition) is 2. The van der Waals surface area contributed by atoms with Crippen LogP contribution in [-0.2, 0) is 0 Å². The van der Waals surface area contributed by atoms with Gasteiger partial charge in [0.15, 0.2) is 0 Å². The molecule has 0 unspecified atom stereocenters. The number of aromatic carboxylic acids is 1. The number of carbonyl (C=O) groups is 1. The number of carboxylic acids is 1. The Bertz CT molecular complexity index is 497. The average molecular weight is 324 g/mol. The van der Waals surface area contributed by atoms with E-state index in [1.807, 2.05) is 6.07 Å². The maximum Gasteiger partial charge on any atom is 0.335 e. The predicted molar refractivity (Wildman–Crippen MR) is 80.8 cm³/mol. The topological polar surface area (TPSA) is 49.3 Å². The van der Waals surface area contributed by atoms with Crippen LogP contribution >= 0.6 is 15.9 Å². The number of benzene rings is 1. The average Bonchev–Trinajstić information content (AvgIpc) is 2.39. The quantitative estimate of drug-likeness (QED) is 0.787. The Kier molecular flexibility index (Phi) is 5.02. The third-order valence-corrected chi connectivity index (χ3v) is 3.76. The van der Waals surface area contributed by atoms with Crippen LogP contribution in [-0.4, -0.2) is 17.6 Å². The zero-order valence-corrected chi connectivity index (χ0v) is 12.4. The summed E-state index contributed by atoms with van der Waals surface area (Å²) in [5.74, 6) is -0.903. The molecule has 2 N–H and O–H groups in total. The Hall–Kier alpha value is -1.29. The molecule has 0 fully saturated rings. The van der Waals surface area contributed by atoms with E-state index in [-0.39, 0.29) is 0 Å². The van der Waals surface area contributed by atoms with E-state index in [9.17, 15) is 4.79 Å². The van der Waals surface area contributed by atoms with Gasteiger partial charge in [-0.05, 0) is 50.3 Å². The highest BCUT2D eigenvalue weighted by Crippen LogP contribution is 2.22. The van der Waals surface area contributed by atoms with Crippen molar-refractivity contribution in [2.45, 2.75) is 32.1 Å². The van der Waals surface area contributed by atoms with Crippen molar-refractivity contribution in [3.8, 4) is 0 Å². The van der Waals surface area contributed by atoms with Gasteiger partial charge < -0.3 is 10.4 Å². The fourth-order valence-corrected chi connectivity index (χ4v) is 2.81. The summed E-state index contributed by atoms with van der Waals surface area (Å²) in [6.45, 7) is 0.849. The van der Waals surface area contributed by atoms with E-state index in [1.54, 1.807) is 12.1 Å². The lowest BCUT2D eigenvalue weighted by Gasteiger charge is -2.13. The minimum atomic E-state index is -0.903. The molecule has 0 heterocycles. The summed E-state index contributed by atoms with van der Waals surface area (Å²) in [6.07, 6.45) is 8.40. The zero-order chi connectivity index (χ0) is 13.7. The molecule has 1 aromatic carbocycles. The SMILES string of the molecule is O=C(O)c1cc(Br)cc(NCCC2=CCCCC2)c1. The van der Waals surface area contributed by atoms with Gasteiger partial charge in [-0.2, -0.15) is 0 Å². The van der Waals surface area contributed by atoms with E-state index in [1.165, 1.54) is 31.3 Å². The van der Waals surface area contributed by atoms with Crippen molar-refractivity contribution in [2.75, 3.05) is 11.9 Å². The zero-order valence-electron chi connectivity index (χ0n) is 10.8. The van der Waals surface area contributed by atoms with Gasteiger partial charge >= 0.3 is 5.97 Å². The second-order valence-electron chi connectivity index (χ2n) is 4.82. The van der Waals surface area contributed by atoms with Crippen LogP contribution < -0.4 is 5.32 Å². The van der Waals surface area contributed by atoms with Crippen LogP contribution in [0.3, 0.4) is 0 Å². The summed E-state index contributed by atoms with van der Waals surface area (Å²) in [5, 5.41) is 12.3. The molecule has 0 radical (unpaired) electrons. The van der Waals surface area contributed by atoms with Crippen molar-refractivity contribution in [2.24, 2.45) is 0 Å². The monoisotopic (exact) mass is 323 g/mol. The van der Waals surface area contributed by atoms with Crippen molar-refractivity contribution in [3.63, 3.8) is 0 Å². The molecule has 0 aromatic heterocycles. The molecule has 0 saturated carbocycles. The Morgan fingerprint density at radius 2 is 2.16 bits per heavy atom. The molecule has 1 aliphatic carbocycles. The second-order valence-corrected chi connectivity index (χ2v) is 5.73. The van der Waals surface area contributed by atoms with E-state index < -0.39 is 5.97 Å². The normalized spacial score (nSPS) is 14.9. The third-order valence-electron chi connectivity index (χ3n) is 3.31. The van der Waals surface area contributed by atoms with Crippen LogP contribution in [0.15, 0.2) is 34.3 Å². The molecule has 3 nitrogen and oxygen atoms in total. The minimum absolute atomic E-state index is 0.300. The molecule has 0 atom stereocenters. The fourth-order valence-electron chi connectivity index (χ4n) is 2.31. The number of halogens is 1. The first-order chi connectivity index (χ1) is 9.15. The van der Waals surface area contributed by atoms with E-state index >= 15 is 0 Å². The van der Waals surface area contributed by atoms with Gasteiger partial charge in [-0.1, -0.05) is 27.6 Å². The molecule has 1 aliphatic rings. The first-order valence-electron chi connectivity index (χ1n) is 6.61. The number of hydrogen-bond acceptors (Lipinski definition) is 2. The molecule has 102 valence electrons. The smallest absolute Gasteiger partial charge is 0.335 e. The summed E-state index contributed by atoms with van der Waals surface area (Å²) in [5.41, 5.74) is 2.67. The van der Waals surface area contributed by atoms with Crippen LogP contribution in [0.2, 0.25) is 0 Å². The molecule has 0 bridgehead atoms. The van der Waals surface area contributed by atoms with Gasteiger partial charge in [-0.25, -0.2) is 4.79 Å². The highest BCUT2D eigenvalue weighted by Gasteiger charge is 2.07. The predicted octanol–water partition coefficient (Wildman–Crippen LogP) is 4.45.